The fourth-order valence-corrected chi connectivity index (χ4v) is 3.51. The highest BCUT2D eigenvalue weighted by molar-refractivity contribution is 5.82. The van der Waals surface area contributed by atoms with E-state index in [1.165, 1.54) is 19.8 Å². The fraction of sp³-hybridized carbons (Fsp3) is 0.667. The maximum absolute atomic E-state index is 13.0. The second-order valence-electron chi connectivity index (χ2n) is 7.16. The van der Waals surface area contributed by atoms with E-state index in [-0.39, 0.29) is 25.2 Å². The number of nitrogens with two attached hydrogens (primary N) is 1. The number of nitrogens with one attached hydrogen (secondary N) is 2. The Balaban J connectivity index is 1.80. The van der Waals surface area contributed by atoms with Crippen molar-refractivity contribution in [2.75, 3.05) is 33.0 Å². The standard InChI is InChI=1S/C18H29N7O6/c1-3-4-10(23-8-30-9-29-2)17(28)24-12-14(27)11(5-26)31-18(12)25-7-22-13-15(19)20-6-21-16(13)25/h6-7,10-12,14,18,23,26-27H,3-5,8-9H2,1-2H3,(H,24,28)(H2,19,20,21)/t10?,11-,12?,14?,18-/m1/s1. The van der Waals surface area contributed by atoms with Crippen molar-refractivity contribution in [3.8, 4) is 0 Å². The van der Waals surface area contributed by atoms with Gasteiger partial charge in [0.1, 0.15) is 36.9 Å². The molecule has 172 valence electrons. The molecule has 13 nitrogen and oxygen atoms in total. The minimum atomic E-state index is -1.15. The monoisotopic (exact) mass is 439 g/mol. The predicted molar refractivity (Wildman–Crippen MR) is 108 cm³/mol. The van der Waals surface area contributed by atoms with Crippen molar-refractivity contribution in [1.29, 1.82) is 0 Å². The number of anilines is 1. The number of amides is 1. The highest BCUT2D eigenvalue weighted by Crippen LogP contribution is 2.32. The zero-order chi connectivity index (χ0) is 22.4. The predicted octanol–water partition coefficient (Wildman–Crippen LogP) is -1.52. The Kier molecular flexibility index (Phi) is 8.06. The van der Waals surface area contributed by atoms with E-state index >= 15 is 0 Å². The molecule has 1 amide bonds. The maximum Gasteiger partial charge on any atom is 0.237 e. The molecule has 13 heteroatoms. The summed E-state index contributed by atoms with van der Waals surface area (Å²) in [6.45, 7) is 1.76. The van der Waals surface area contributed by atoms with E-state index in [0.717, 1.165) is 6.42 Å². The van der Waals surface area contributed by atoms with Gasteiger partial charge in [0, 0.05) is 7.11 Å². The number of imidazole rings is 1. The third-order valence-corrected chi connectivity index (χ3v) is 5.05. The van der Waals surface area contributed by atoms with Gasteiger partial charge in [0.25, 0.3) is 0 Å². The second kappa shape index (κ2) is 10.7. The molecule has 6 N–H and O–H groups in total. The average Bonchev–Trinajstić information content (AvgIpc) is 3.32. The minimum Gasteiger partial charge on any atom is -0.394 e. The van der Waals surface area contributed by atoms with Gasteiger partial charge in [0.2, 0.25) is 5.91 Å². The first kappa shape index (κ1) is 23.2. The van der Waals surface area contributed by atoms with Gasteiger partial charge in [-0.25, -0.2) is 15.0 Å². The number of carbonyl (C=O) groups excluding carboxylic acids is 1. The number of fused-ring (bicyclic) bond motifs is 1. The summed E-state index contributed by atoms with van der Waals surface area (Å²) in [6.07, 6.45) is 1.15. The highest BCUT2D eigenvalue weighted by Gasteiger charge is 2.46. The molecule has 3 rings (SSSR count). The van der Waals surface area contributed by atoms with Gasteiger partial charge >= 0.3 is 0 Å². The number of nitrogens with zero attached hydrogens (tertiary/aromatic N) is 4. The van der Waals surface area contributed by atoms with Crippen molar-refractivity contribution >= 4 is 22.9 Å². The van der Waals surface area contributed by atoms with E-state index in [0.29, 0.717) is 17.6 Å². The van der Waals surface area contributed by atoms with Crippen LogP contribution in [0.4, 0.5) is 5.82 Å². The number of aliphatic hydroxyl groups is 2. The van der Waals surface area contributed by atoms with Gasteiger partial charge in [-0.05, 0) is 6.42 Å². The summed E-state index contributed by atoms with van der Waals surface area (Å²) in [4.78, 5) is 25.3. The molecule has 31 heavy (non-hydrogen) atoms. The van der Waals surface area contributed by atoms with Gasteiger partial charge in [-0.3, -0.25) is 14.7 Å². The van der Waals surface area contributed by atoms with Crippen molar-refractivity contribution in [2.45, 2.75) is 50.3 Å². The van der Waals surface area contributed by atoms with Crippen LogP contribution in [-0.2, 0) is 19.0 Å². The summed E-state index contributed by atoms with van der Waals surface area (Å²) in [7, 11) is 1.51. The molecule has 0 radical (unpaired) electrons. The van der Waals surface area contributed by atoms with Crippen molar-refractivity contribution in [1.82, 2.24) is 30.2 Å². The lowest BCUT2D eigenvalue weighted by atomic mass is 10.1. The van der Waals surface area contributed by atoms with E-state index < -0.39 is 37.1 Å². The van der Waals surface area contributed by atoms with Gasteiger partial charge in [0.15, 0.2) is 17.7 Å². The van der Waals surface area contributed by atoms with E-state index in [9.17, 15) is 15.0 Å². The van der Waals surface area contributed by atoms with Gasteiger partial charge in [-0.2, -0.15) is 0 Å². The molecule has 2 aromatic rings. The van der Waals surface area contributed by atoms with Crippen LogP contribution in [0.2, 0.25) is 0 Å². The topological polar surface area (TPSA) is 179 Å². The van der Waals surface area contributed by atoms with E-state index in [4.69, 9.17) is 19.9 Å². The van der Waals surface area contributed by atoms with Crippen LogP contribution in [0.3, 0.4) is 0 Å². The van der Waals surface area contributed by atoms with Gasteiger partial charge in [0.05, 0.1) is 25.7 Å². The molecule has 1 aliphatic rings. The van der Waals surface area contributed by atoms with Crippen LogP contribution in [0.25, 0.3) is 11.2 Å². The molecular weight excluding hydrogens is 410 g/mol. The number of hydrogen-bond acceptors (Lipinski definition) is 11. The molecule has 0 aromatic carbocycles. The number of ether oxygens (including phenoxy) is 3. The Labute approximate surface area is 178 Å². The van der Waals surface area contributed by atoms with Crippen LogP contribution in [0.5, 0.6) is 0 Å². The van der Waals surface area contributed by atoms with E-state index in [1.807, 2.05) is 6.92 Å². The third kappa shape index (κ3) is 5.08. The Morgan fingerprint density at radius 1 is 1.42 bits per heavy atom. The van der Waals surface area contributed by atoms with Gasteiger partial charge < -0.3 is 35.5 Å². The maximum atomic E-state index is 13.0. The molecule has 0 bridgehead atoms. The van der Waals surface area contributed by atoms with Crippen molar-refractivity contribution in [3.05, 3.63) is 12.7 Å². The average molecular weight is 439 g/mol. The van der Waals surface area contributed by atoms with Crippen LogP contribution in [0, 0.1) is 0 Å². The summed E-state index contributed by atoms with van der Waals surface area (Å²) in [5, 5.41) is 26.2. The number of methoxy groups -OCH3 is 1. The number of carbonyl (C=O) groups is 1. The Hall–Kier alpha value is -2.42. The summed E-state index contributed by atoms with van der Waals surface area (Å²) >= 11 is 0. The molecule has 0 aliphatic carbocycles. The number of rotatable bonds is 11. The van der Waals surface area contributed by atoms with Crippen LogP contribution in [-0.4, -0.2) is 87.2 Å². The largest absolute Gasteiger partial charge is 0.394 e. The smallest absolute Gasteiger partial charge is 0.237 e. The molecule has 2 aromatic heterocycles. The lowest BCUT2D eigenvalue weighted by Crippen LogP contribution is -2.53. The summed E-state index contributed by atoms with van der Waals surface area (Å²) < 4.78 is 17.4. The summed E-state index contributed by atoms with van der Waals surface area (Å²) in [5.74, 6) is -0.137. The highest BCUT2D eigenvalue weighted by atomic mass is 16.7. The summed E-state index contributed by atoms with van der Waals surface area (Å²) in [5.41, 5.74) is 6.61. The number of hydrogen-bond donors (Lipinski definition) is 5. The van der Waals surface area contributed by atoms with Crippen LogP contribution in [0.1, 0.15) is 26.0 Å². The zero-order valence-corrected chi connectivity index (χ0v) is 17.5. The molecule has 1 aliphatic heterocycles. The van der Waals surface area contributed by atoms with Crippen LogP contribution >= 0.6 is 0 Å². The Morgan fingerprint density at radius 2 is 2.23 bits per heavy atom. The second-order valence-corrected chi connectivity index (χ2v) is 7.16. The van der Waals surface area contributed by atoms with Crippen LogP contribution < -0.4 is 16.4 Å². The summed E-state index contributed by atoms with van der Waals surface area (Å²) in [6, 6.07) is -1.42. The van der Waals surface area contributed by atoms with E-state index in [1.54, 1.807) is 4.57 Å². The number of nitrogen functional groups attached to an aromatic ring is 1. The third-order valence-electron chi connectivity index (χ3n) is 5.05. The molecule has 0 saturated carbocycles. The molecule has 3 unspecified atom stereocenters. The van der Waals surface area contributed by atoms with Crippen molar-refractivity contribution in [3.63, 3.8) is 0 Å². The van der Waals surface area contributed by atoms with Crippen LogP contribution in [0.15, 0.2) is 12.7 Å². The number of aliphatic hydroxyl groups excluding tert-OH is 2. The zero-order valence-electron chi connectivity index (χ0n) is 17.5. The molecular formula is C18H29N7O6. The first-order valence-corrected chi connectivity index (χ1v) is 9.99. The van der Waals surface area contributed by atoms with Crippen molar-refractivity contribution < 1.29 is 29.2 Å². The Morgan fingerprint density at radius 3 is 2.94 bits per heavy atom. The van der Waals surface area contributed by atoms with Crippen molar-refractivity contribution in [2.24, 2.45) is 0 Å². The quantitative estimate of drug-likeness (QED) is 0.203. The molecule has 1 saturated heterocycles. The van der Waals surface area contributed by atoms with Gasteiger partial charge in [-0.15, -0.1) is 0 Å². The molecule has 1 fully saturated rings. The SMILES string of the molecule is CCCC(NCOCOC)C(=O)NC1C(O)[C@@H](CO)O[C@H]1n1cnc2c(N)ncnc21. The lowest BCUT2D eigenvalue weighted by Gasteiger charge is -2.26. The Bertz CT molecular complexity index is 865. The first-order chi connectivity index (χ1) is 15.0. The van der Waals surface area contributed by atoms with Gasteiger partial charge in [-0.1, -0.05) is 13.3 Å². The molecule has 0 spiro atoms. The normalized spacial score (nSPS) is 24.5. The number of aromatic nitrogens is 4. The molecule has 5 atom stereocenters. The lowest BCUT2D eigenvalue weighted by molar-refractivity contribution is -0.126. The molecule has 3 heterocycles. The minimum absolute atomic E-state index is 0.0988. The first-order valence-electron chi connectivity index (χ1n) is 9.99. The van der Waals surface area contributed by atoms with E-state index in [2.05, 4.69) is 25.6 Å². The fourth-order valence-electron chi connectivity index (χ4n) is 3.51.